The van der Waals surface area contributed by atoms with E-state index in [-0.39, 0.29) is 6.42 Å². The smallest absolute Gasteiger partial charge is 0.305 e. The first-order valence-corrected chi connectivity index (χ1v) is 9.33. The summed E-state index contributed by atoms with van der Waals surface area (Å²) >= 11 is 12.4. The van der Waals surface area contributed by atoms with Gasteiger partial charge >= 0.3 is 5.97 Å². The number of ether oxygens (including phenoxy) is 1. The van der Waals surface area contributed by atoms with E-state index in [2.05, 4.69) is 0 Å². The van der Waals surface area contributed by atoms with Gasteiger partial charge in [-0.2, -0.15) is 0 Å². The number of halogens is 2. The lowest BCUT2D eigenvalue weighted by atomic mass is 10.0. The number of carboxylic acids is 1. The quantitative estimate of drug-likeness (QED) is 0.546. The summed E-state index contributed by atoms with van der Waals surface area (Å²) in [6.45, 7) is 0.352. The average molecular weight is 413 g/mol. The van der Waals surface area contributed by atoms with E-state index in [4.69, 9.17) is 33.0 Å². The van der Waals surface area contributed by atoms with Crippen LogP contribution < -0.4 is 4.74 Å². The Morgan fingerprint density at radius 3 is 2.44 bits per heavy atom. The van der Waals surface area contributed by atoms with Crippen molar-refractivity contribution in [3.63, 3.8) is 0 Å². The van der Waals surface area contributed by atoms with E-state index in [1.807, 2.05) is 30.3 Å². The monoisotopic (exact) mass is 412 g/mol. The Labute approximate surface area is 168 Å². The van der Waals surface area contributed by atoms with Gasteiger partial charge in [0.05, 0.1) is 18.6 Å². The third-order valence-corrected chi connectivity index (χ3v) is 4.59. The van der Waals surface area contributed by atoms with Crippen molar-refractivity contribution in [2.45, 2.75) is 44.5 Å². The molecule has 0 fully saturated rings. The minimum Gasteiger partial charge on any atom is -0.489 e. The zero-order valence-electron chi connectivity index (χ0n) is 14.6. The molecule has 0 unspecified atom stereocenters. The number of aliphatic carboxylic acids is 1. The highest BCUT2D eigenvalue weighted by molar-refractivity contribution is 6.35. The second kappa shape index (κ2) is 10.5. The molecule has 0 heterocycles. The zero-order valence-corrected chi connectivity index (χ0v) is 16.2. The van der Waals surface area contributed by atoms with Crippen molar-refractivity contribution in [3.8, 4) is 5.75 Å². The molecule has 0 aliphatic carbocycles. The maximum atomic E-state index is 10.6. The normalized spacial score (nSPS) is 13.2. The number of hydrogen-bond donors (Lipinski definition) is 3. The Balaban J connectivity index is 2.01. The fourth-order valence-electron chi connectivity index (χ4n) is 2.71. The van der Waals surface area contributed by atoms with Gasteiger partial charge in [-0.15, -0.1) is 0 Å². The first kappa shape index (κ1) is 21.5. The van der Waals surface area contributed by atoms with Gasteiger partial charge in [-0.3, -0.25) is 4.79 Å². The summed E-state index contributed by atoms with van der Waals surface area (Å²) in [6.07, 6.45) is -1.65. The predicted octanol–water partition coefficient (Wildman–Crippen LogP) is 4.09. The number of hydrogen-bond acceptors (Lipinski definition) is 4. The SMILES string of the molecule is O=C(O)C[C@H](O)C[C@H](O)CCc1c(Cl)cc(Cl)cc1OCc1ccccc1. The lowest BCUT2D eigenvalue weighted by Crippen LogP contribution is -2.21. The van der Waals surface area contributed by atoms with E-state index in [1.165, 1.54) is 0 Å². The van der Waals surface area contributed by atoms with Crippen molar-refractivity contribution in [1.82, 2.24) is 0 Å². The summed E-state index contributed by atoms with van der Waals surface area (Å²) in [4.78, 5) is 10.6. The summed E-state index contributed by atoms with van der Waals surface area (Å²) in [7, 11) is 0. The number of aliphatic hydroxyl groups excluding tert-OH is 2. The predicted molar refractivity (Wildman–Crippen MR) is 104 cm³/mol. The fourth-order valence-corrected chi connectivity index (χ4v) is 3.28. The Hall–Kier alpha value is -1.79. The van der Waals surface area contributed by atoms with Crippen LogP contribution in [0.15, 0.2) is 42.5 Å². The molecule has 0 aromatic heterocycles. The molecule has 146 valence electrons. The molecule has 0 bridgehead atoms. The highest BCUT2D eigenvalue weighted by Crippen LogP contribution is 2.33. The summed E-state index contributed by atoms with van der Waals surface area (Å²) < 4.78 is 5.87. The van der Waals surface area contributed by atoms with Gasteiger partial charge in [0.2, 0.25) is 0 Å². The van der Waals surface area contributed by atoms with Crippen molar-refractivity contribution in [2.24, 2.45) is 0 Å². The zero-order chi connectivity index (χ0) is 19.8. The maximum Gasteiger partial charge on any atom is 0.305 e. The van der Waals surface area contributed by atoms with Crippen molar-refractivity contribution in [3.05, 3.63) is 63.6 Å². The largest absolute Gasteiger partial charge is 0.489 e. The fraction of sp³-hybridized carbons (Fsp3) is 0.350. The van der Waals surface area contributed by atoms with Crippen molar-refractivity contribution >= 4 is 29.2 Å². The van der Waals surface area contributed by atoms with E-state index in [1.54, 1.807) is 12.1 Å². The van der Waals surface area contributed by atoms with Crippen LogP contribution in [0, 0.1) is 0 Å². The van der Waals surface area contributed by atoms with Crippen molar-refractivity contribution in [1.29, 1.82) is 0 Å². The molecule has 3 N–H and O–H groups in total. The molecule has 0 radical (unpaired) electrons. The molecule has 2 aromatic rings. The lowest BCUT2D eigenvalue weighted by molar-refractivity contribution is -0.139. The maximum absolute atomic E-state index is 10.6. The third-order valence-electron chi connectivity index (χ3n) is 4.04. The molecule has 0 saturated heterocycles. The Kier molecular flexibility index (Phi) is 8.38. The van der Waals surface area contributed by atoms with Crippen LogP contribution in [-0.4, -0.2) is 33.5 Å². The van der Waals surface area contributed by atoms with Gasteiger partial charge in [0.15, 0.2) is 0 Å². The second-order valence-electron chi connectivity index (χ2n) is 6.32. The molecule has 2 aromatic carbocycles. The van der Waals surface area contributed by atoms with Crippen molar-refractivity contribution in [2.75, 3.05) is 0 Å². The molecule has 7 heteroatoms. The molecule has 0 aliphatic rings. The van der Waals surface area contributed by atoms with Crippen LogP contribution in [0.4, 0.5) is 0 Å². The molecule has 0 amide bonds. The van der Waals surface area contributed by atoms with Gasteiger partial charge in [0, 0.05) is 15.6 Å². The first-order chi connectivity index (χ1) is 12.8. The number of aliphatic hydroxyl groups is 2. The van der Waals surface area contributed by atoms with E-state index in [9.17, 15) is 15.0 Å². The van der Waals surface area contributed by atoms with Gasteiger partial charge in [-0.1, -0.05) is 53.5 Å². The highest BCUT2D eigenvalue weighted by Gasteiger charge is 2.17. The van der Waals surface area contributed by atoms with E-state index in [0.717, 1.165) is 5.56 Å². The number of carboxylic acid groups (broad SMARTS) is 1. The highest BCUT2D eigenvalue weighted by atomic mass is 35.5. The van der Waals surface area contributed by atoms with Gasteiger partial charge in [0.1, 0.15) is 12.4 Å². The topological polar surface area (TPSA) is 87.0 Å². The van der Waals surface area contributed by atoms with E-state index >= 15 is 0 Å². The van der Waals surface area contributed by atoms with Gasteiger partial charge in [0.25, 0.3) is 0 Å². The lowest BCUT2D eigenvalue weighted by Gasteiger charge is -2.17. The van der Waals surface area contributed by atoms with Crippen LogP contribution >= 0.6 is 23.2 Å². The molecule has 0 spiro atoms. The van der Waals surface area contributed by atoms with E-state index in [0.29, 0.717) is 40.8 Å². The second-order valence-corrected chi connectivity index (χ2v) is 7.16. The van der Waals surface area contributed by atoms with Crippen LogP contribution in [0.3, 0.4) is 0 Å². The van der Waals surface area contributed by atoms with Gasteiger partial charge in [-0.25, -0.2) is 0 Å². The molecule has 0 aliphatic heterocycles. The molecule has 5 nitrogen and oxygen atoms in total. The summed E-state index contributed by atoms with van der Waals surface area (Å²) in [5, 5.41) is 29.3. The minimum atomic E-state index is -1.10. The minimum absolute atomic E-state index is 0.0162. The third kappa shape index (κ3) is 7.39. The molecule has 2 rings (SSSR count). The standard InChI is InChI=1S/C20H22Cl2O5/c21-14-8-18(22)17(7-6-15(23)10-16(24)11-20(25)26)19(9-14)27-12-13-4-2-1-3-5-13/h1-5,8-9,15-16,23-24H,6-7,10-12H2,(H,25,26)/t15-,16-/m1/s1. The Morgan fingerprint density at radius 2 is 1.78 bits per heavy atom. The van der Waals surface area contributed by atoms with Crippen LogP contribution in [-0.2, 0) is 17.8 Å². The summed E-state index contributed by atoms with van der Waals surface area (Å²) in [6, 6.07) is 12.9. The number of rotatable bonds is 10. The van der Waals surface area contributed by atoms with Crippen LogP contribution in [0.25, 0.3) is 0 Å². The molecular weight excluding hydrogens is 391 g/mol. The Bertz CT molecular complexity index is 752. The first-order valence-electron chi connectivity index (χ1n) is 8.57. The average Bonchev–Trinajstić information content (AvgIpc) is 2.59. The summed E-state index contributed by atoms with van der Waals surface area (Å²) in [5.74, 6) is -0.568. The van der Waals surface area contributed by atoms with Gasteiger partial charge in [-0.05, 0) is 37.0 Å². The van der Waals surface area contributed by atoms with Crippen LogP contribution in [0.1, 0.15) is 30.4 Å². The molecule has 0 saturated carbocycles. The van der Waals surface area contributed by atoms with Gasteiger partial charge < -0.3 is 20.1 Å². The molecular formula is C20H22Cl2O5. The number of carbonyl (C=O) groups is 1. The van der Waals surface area contributed by atoms with Crippen LogP contribution in [0.5, 0.6) is 5.75 Å². The molecule has 27 heavy (non-hydrogen) atoms. The van der Waals surface area contributed by atoms with E-state index < -0.39 is 24.6 Å². The van der Waals surface area contributed by atoms with Crippen LogP contribution in [0.2, 0.25) is 10.0 Å². The number of benzene rings is 2. The molecule has 2 atom stereocenters. The Morgan fingerprint density at radius 1 is 1.07 bits per heavy atom. The summed E-state index contributed by atoms with van der Waals surface area (Å²) in [5.41, 5.74) is 1.71. The van der Waals surface area contributed by atoms with Crippen molar-refractivity contribution < 1.29 is 24.9 Å².